The fraction of sp³-hybridized carbons (Fsp3) is 0.571. The average Bonchev–Trinajstić information content (AvgIpc) is 2.68. The molecule has 1 N–H and O–H groups in total. The van der Waals surface area contributed by atoms with Gasteiger partial charge in [-0.1, -0.05) is 19.8 Å². The van der Waals surface area contributed by atoms with Gasteiger partial charge in [0.25, 0.3) is 5.91 Å². The molecule has 1 aromatic carbocycles. The van der Waals surface area contributed by atoms with Crippen LogP contribution in [-0.4, -0.2) is 43.2 Å². The molecule has 0 aliphatic heterocycles. The summed E-state index contributed by atoms with van der Waals surface area (Å²) in [5, 5.41) is 2.97. The van der Waals surface area contributed by atoms with Gasteiger partial charge in [-0.2, -0.15) is 0 Å². The van der Waals surface area contributed by atoms with Crippen LogP contribution in [0.5, 0.6) is 5.75 Å². The Kier molecular flexibility index (Phi) is 8.83. The molecule has 0 spiro atoms. The van der Waals surface area contributed by atoms with Gasteiger partial charge in [0.1, 0.15) is 5.75 Å². The van der Waals surface area contributed by atoms with Crippen LogP contribution in [0.1, 0.15) is 55.5 Å². The second-order valence-corrected chi connectivity index (χ2v) is 8.16. The molecule has 0 unspecified atom stereocenters. The molecule has 0 saturated heterocycles. The van der Waals surface area contributed by atoms with Crippen LogP contribution in [0.25, 0.3) is 0 Å². The fourth-order valence-corrected chi connectivity index (χ4v) is 4.12. The third kappa shape index (κ3) is 6.86. The van der Waals surface area contributed by atoms with Crippen molar-refractivity contribution in [1.82, 2.24) is 5.32 Å². The topological polar surface area (TPSA) is 81.7 Å². The third-order valence-corrected chi connectivity index (χ3v) is 5.94. The molecule has 1 amide bonds. The summed E-state index contributed by atoms with van der Waals surface area (Å²) >= 11 is 1.35. The van der Waals surface area contributed by atoms with Crippen LogP contribution in [0.3, 0.4) is 0 Å². The predicted octanol–water partition coefficient (Wildman–Crippen LogP) is 3.37. The second-order valence-electron chi connectivity index (χ2n) is 7.17. The Labute approximate surface area is 170 Å². The highest BCUT2D eigenvalue weighted by molar-refractivity contribution is 7.99. The Morgan fingerprint density at radius 3 is 2.64 bits per heavy atom. The van der Waals surface area contributed by atoms with E-state index in [1.807, 2.05) is 0 Å². The molecule has 7 heteroatoms. The average molecular weight is 408 g/mol. The number of Topliss-reactive ketones (excluding diaryl/α,β-unsaturated/α-hetero) is 1. The van der Waals surface area contributed by atoms with E-state index in [-0.39, 0.29) is 30.1 Å². The lowest BCUT2D eigenvalue weighted by molar-refractivity contribution is -0.146. The highest BCUT2D eigenvalue weighted by atomic mass is 32.2. The van der Waals surface area contributed by atoms with E-state index in [2.05, 4.69) is 12.2 Å². The van der Waals surface area contributed by atoms with Crippen molar-refractivity contribution in [3.05, 3.63) is 29.3 Å². The smallest absolute Gasteiger partial charge is 0.316 e. The van der Waals surface area contributed by atoms with E-state index in [0.29, 0.717) is 23.0 Å². The van der Waals surface area contributed by atoms with E-state index in [1.54, 1.807) is 25.3 Å². The maximum Gasteiger partial charge on any atom is 0.316 e. The molecule has 1 aromatic rings. The van der Waals surface area contributed by atoms with E-state index in [0.717, 1.165) is 24.8 Å². The summed E-state index contributed by atoms with van der Waals surface area (Å²) in [4.78, 5) is 35.4. The summed E-state index contributed by atoms with van der Waals surface area (Å²) in [6, 6.07) is 5.42. The largest absolute Gasteiger partial charge is 0.496 e. The van der Waals surface area contributed by atoms with E-state index in [4.69, 9.17) is 9.47 Å². The number of nitrogens with one attached hydrogen (secondary N) is 1. The molecule has 1 fully saturated rings. The number of methoxy groups -OCH3 is 1. The molecule has 1 aliphatic rings. The second kappa shape index (κ2) is 11.1. The van der Waals surface area contributed by atoms with Crippen molar-refractivity contribution in [1.29, 1.82) is 0 Å². The van der Waals surface area contributed by atoms with Crippen LogP contribution in [0, 0.1) is 5.92 Å². The molecular weight excluding hydrogens is 378 g/mol. The highest BCUT2D eigenvalue weighted by Crippen LogP contribution is 2.25. The number of esters is 1. The Morgan fingerprint density at radius 2 is 1.96 bits per heavy atom. The molecule has 2 rings (SSSR count). The van der Waals surface area contributed by atoms with Gasteiger partial charge in [0.05, 0.1) is 12.9 Å². The van der Waals surface area contributed by atoms with Crippen LogP contribution < -0.4 is 10.1 Å². The van der Waals surface area contributed by atoms with Crippen molar-refractivity contribution in [3.63, 3.8) is 0 Å². The lowest BCUT2D eigenvalue weighted by Crippen LogP contribution is -2.43. The number of ketones is 1. The Bertz CT molecular complexity index is 706. The summed E-state index contributed by atoms with van der Waals surface area (Å²) in [5.41, 5.74) is 1.45. The van der Waals surface area contributed by atoms with Crippen molar-refractivity contribution in [3.8, 4) is 5.75 Å². The molecule has 2 atom stereocenters. The third-order valence-electron chi connectivity index (χ3n) is 4.99. The lowest BCUT2D eigenvalue weighted by Gasteiger charge is -2.29. The number of carbonyl (C=O) groups excluding carboxylic acids is 3. The molecule has 1 saturated carbocycles. The van der Waals surface area contributed by atoms with E-state index >= 15 is 0 Å². The van der Waals surface area contributed by atoms with Crippen molar-refractivity contribution in [2.24, 2.45) is 5.92 Å². The molecule has 6 nitrogen and oxygen atoms in total. The summed E-state index contributed by atoms with van der Waals surface area (Å²) < 4.78 is 10.4. The minimum atomic E-state index is -0.432. The Morgan fingerprint density at radius 1 is 1.21 bits per heavy atom. The van der Waals surface area contributed by atoms with Gasteiger partial charge in [0.15, 0.2) is 12.4 Å². The number of amides is 1. The van der Waals surface area contributed by atoms with E-state index < -0.39 is 5.97 Å². The zero-order valence-corrected chi connectivity index (χ0v) is 17.6. The van der Waals surface area contributed by atoms with E-state index in [1.165, 1.54) is 25.1 Å². The summed E-state index contributed by atoms with van der Waals surface area (Å²) in [5.74, 6) is 1.07. The number of ether oxygens (including phenoxy) is 2. The monoisotopic (exact) mass is 407 g/mol. The number of rotatable bonds is 9. The van der Waals surface area contributed by atoms with Crippen LogP contribution in [-0.2, 0) is 20.1 Å². The zero-order valence-electron chi connectivity index (χ0n) is 16.8. The SMILES string of the molecule is COc1ccc(C(C)=O)cc1CSCC(=O)OCC(=O)N[C@@H]1CCCC[C@H]1C. The maximum atomic E-state index is 12.0. The van der Waals surface area contributed by atoms with Crippen molar-refractivity contribution < 1.29 is 23.9 Å². The molecule has 0 bridgehead atoms. The first-order chi connectivity index (χ1) is 13.4. The number of benzene rings is 1. The predicted molar refractivity (Wildman–Crippen MR) is 110 cm³/mol. The van der Waals surface area contributed by atoms with Gasteiger partial charge in [-0.05, 0) is 43.9 Å². The first-order valence-corrected chi connectivity index (χ1v) is 10.8. The van der Waals surface area contributed by atoms with Gasteiger partial charge < -0.3 is 14.8 Å². The highest BCUT2D eigenvalue weighted by Gasteiger charge is 2.23. The van der Waals surface area contributed by atoms with Crippen LogP contribution in [0.4, 0.5) is 0 Å². The minimum absolute atomic E-state index is 0.0217. The molecule has 154 valence electrons. The number of hydrogen-bond donors (Lipinski definition) is 1. The molecule has 0 heterocycles. The van der Waals surface area contributed by atoms with Gasteiger partial charge in [-0.25, -0.2) is 0 Å². The normalized spacial score (nSPS) is 19.0. The first kappa shape index (κ1) is 22.3. The summed E-state index contributed by atoms with van der Waals surface area (Å²) in [7, 11) is 1.57. The van der Waals surface area contributed by atoms with Gasteiger partial charge in [0.2, 0.25) is 0 Å². The summed E-state index contributed by atoms with van der Waals surface area (Å²) in [6.07, 6.45) is 4.44. The van der Waals surface area contributed by atoms with Crippen molar-refractivity contribution >= 4 is 29.4 Å². The van der Waals surface area contributed by atoms with Gasteiger partial charge in [-0.3, -0.25) is 14.4 Å². The molecular formula is C21H29NO5S. The molecule has 0 aromatic heterocycles. The van der Waals surface area contributed by atoms with Crippen molar-refractivity contribution in [2.45, 2.75) is 51.3 Å². The number of carbonyl (C=O) groups is 3. The van der Waals surface area contributed by atoms with Crippen molar-refractivity contribution in [2.75, 3.05) is 19.5 Å². The zero-order chi connectivity index (χ0) is 20.5. The van der Waals surface area contributed by atoms with Crippen LogP contribution in [0.2, 0.25) is 0 Å². The molecule has 0 radical (unpaired) electrons. The first-order valence-electron chi connectivity index (χ1n) is 9.61. The van der Waals surface area contributed by atoms with Gasteiger partial charge in [0, 0.05) is 22.9 Å². The molecule has 1 aliphatic carbocycles. The van der Waals surface area contributed by atoms with Crippen LogP contribution in [0.15, 0.2) is 18.2 Å². The minimum Gasteiger partial charge on any atom is -0.496 e. The Hall–Kier alpha value is -2.02. The quantitative estimate of drug-likeness (QED) is 0.499. The summed E-state index contributed by atoms with van der Waals surface area (Å²) in [6.45, 7) is 3.41. The number of hydrogen-bond acceptors (Lipinski definition) is 6. The molecule has 28 heavy (non-hydrogen) atoms. The van der Waals surface area contributed by atoms with Gasteiger partial charge in [-0.15, -0.1) is 11.8 Å². The fourth-order valence-electron chi connectivity index (χ4n) is 3.32. The lowest BCUT2D eigenvalue weighted by atomic mass is 9.86. The van der Waals surface area contributed by atoms with Crippen LogP contribution >= 0.6 is 11.8 Å². The van der Waals surface area contributed by atoms with Gasteiger partial charge >= 0.3 is 5.97 Å². The standard InChI is InChI=1S/C21H29NO5S/c1-14-6-4-5-7-18(14)22-20(24)11-27-21(25)13-28-12-17-10-16(15(2)23)8-9-19(17)26-3/h8-10,14,18H,4-7,11-13H2,1-3H3,(H,22,24)/t14-,18-/m1/s1. The van der Waals surface area contributed by atoms with E-state index in [9.17, 15) is 14.4 Å². The number of thioether (sulfide) groups is 1. The maximum absolute atomic E-state index is 12.0. The Balaban J connectivity index is 1.73.